The second kappa shape index (κ2) is 4.95. The molecule has 0 heterocycles. The molecule has 0 aromatic heterocycles. The summed E-state index contributed by atoms with van der Waals surface area (Å²) in [5.74, 6) is 2.45. The fourth-order valence-corrected chi connectivity index (χ4v) is 6.59. The number of carbonyl (C=O) groups is 1. The first-order chi connectivity index (χ1) is 10.9. The van der Waals surface area contributed by atoms with Gasteiger partial charge in [0.15, 0.2) is 5.78 Å². The summed E-state index contributed by atoms with van der Waals surface area (Å²) in [5.41, 5.74) is 8.14. The minimum Gasteiger partial charge on any atom is -0.396 e. The van der Waals surface area contributed by atoms with Gasteiger partial charge >= 0.3 is 0 Å². The summed E-state index contributed by atoms with van der Waals surface area (Å²) in [6, 6.07) is 0. The fourth-order valence-electron chi connectivity index (χ4n) is 6.59. The predicted molar refractivity (Wildman–Crippen MR) is 90.3 cm³/mol. The molecule has 0 aliphatic heterocycles. The van der Waals surface area contributed by atoms with Crippen molar-refractivity contribution in [2.45, 2.75) is 52.4 Å². The molecule has 3 N–H and O–H groups in total. The molecule has 2 saturated carbocycles. The van der Waals surface area contributed by atoms with E-state index in [9.17, 15) is 9.90 Å². The molecule has 6 atom stereocenters. The summed E-state index contributed by atoms with van der Waals surface area (Å²) in [6.07, 6.45) is 10.9. The zero-order valence-corrected chi connectivity index (χ0v) is 14.3. The van der Waals surface area contributed by atoms with Gasteiger partial charge in [0.1, 0.15) is 0 Å². The van der Waals surface area contributed by atoms with Gasteiger partial charge in [0.2, 0.25) is 0 Å². The second-order valence-electron chi connectivity index (χ2n) is 8.82. The van der Waals surface area contributed by atoms with Crippen molar-refractivity contribution in [1.82, 2.24) is 0 Å². The molecule has 0 spiro atoms. The van der Waals surface area contributed by atoms with E-state index in [4.69, 9.17) is 5.73 Å². The minimum atomic E-state index is 0.0655. The van der Waals surface area contributed by atoms with E-state index in [-0.39, 0.29) is 16.6 Å². The monoisotopic (exact) mass is 315 g/mol. The smallest absolute Gasteiger partial charge is 0.178 e. The number of hydrogen-bond acceptors (Lipinski definition) is 3. The van der Waals surface area contributed by atoms with E-state index in [1.54, 1.807) is 0 Å². The highest BCUT2D eigenvalue weighted by Crippen LogP contribution is 2.65. The molecule has 3 nitrogen and oxygen atoms in total. The van der Waals surface area contributed by atoms with Crippen LogP contribution in [0.1, 0.15) is 52.4 Å². The Kier molecular flexibility index (Phi) is 3.32. The van der Waals surface area contributed by atoms with Crippen molar-refractivity contribution in [2.75, 3.05) is 6.61 Å². The highest BCUT2D eigenvalue weighted by molar-refractivity contribution is 5.97. The van der Waals surface area contributed by atoms with Gasteiger partial charge in [0.25, 0.3) is 0 Å². The first-order valence-electron chi connectivity index (χ1n) is 9.24. The Labute approximate surface area is 139 Å². The van der Waals surface area contributed by atoms with Gasteiger partial charge in [0, 0.05) is 13.0 Å². The number of aliphatic hydroxyl groups is 1. The van der Waals surface area contributed by atoms with E-state index in [1.165, 1.54) is 19.3 Å². The summed E-state index contributed by atoms with van der Waals surface area (Å²) >= 11 is 0. The molecule has 23 heavy (non-hydrogen) atoms. The minimum absolute atomic E-state index is 0.0655. The molecule has 0 bridgehead atoms. The lowest BCUT2D eigenvalue weighted by molar-refractivity contribution is -0.117. The molecule has 0 radical (unpaired) electrons. The summed E-state index contributed by atoms with van der Waals surface area (Å²) in [5, 5.41) is 9.79. The van der Waals surface area contributed by atoms with Crippen molar-refractivity contribution in [3.05, 3.63) is 23.4 Å². The maximum atomic E-state index is 12.0. The van der Waals surface area contributed by atoms with Crippen molar-refractivity contribution in [3.63, 3.8) is 0 Å². The lowest BCUT2D eigenvalue weighted by atomic mass is 9.48. The van der Waals surface area contributed by atoms with Gasteiger partial charge in [0.05, 0.1) is 5.70 Å². The number of fused-ring (bicyclic) bond motifs is 5. The number of hydrogen-bond donors (Lipinski definition) is 2. The Bertz CT molecular complexity index is 607. The number of allylic oxidation sites excluding steroid dienone is 4. The average molecular weight is 315 g/mol. The topological polar surface area (TPSA) is 63.3 Å². The van der Waals surface area contributed by atoms with Gasteiger partial charge in [-0.3, -0.25) is 4.79 Å². The van der Waals surface area contributed by atoms with Crippen molar-refractivity contribution < 1.29 is 9.90 Å². The molecule has 2 fully saturated rings. The number of aliphatic hydroxyl groups excluding tert-OH is 1. The van der Waals surface area contributed by atoms with E-state index in [0.717, 1.165) is 18.4 Å². The standard InChI is InChI=1S/C20H29NO2/c1-19-9-7-15-13(14(19)5-3-12(19)11-22)4-6-16-18(21)17(23)8-10-20(15,16)2/h4,6,12-15,22H,3,5,7-11,21H2,1-2H3/t12?,13-,14-,15-,19+,20+/m0/s1. The van der Waals surface area contributed by atoms with Gasteiger partial charge in [-0.05, 0) is 72.2 Å². The highest BCUT2D eigenvalue weighted by Gasteiger charge is 2.58. The van der Waals surface area contributed by atoms with Crippen molar-refractivity contribution in [3.8, 4) is 0 Å². The number of carbonyl (C=O) groups excluding carboxylic acids is 1. The molecule has 0 aromatic carbocycles. The van der Waals surface area contributed by atoms with E-state index < -0.39 is 0 Å². The molecule has 4 aliphatic rings. The van der Waals surface area contributed by atoms with E-state index in [1.807, 2.05) is 0 Å². The van der Waals surface area contributed by atoms with E-state index in [2.05, 4.69) is 26.0 Å². The third-order valence-corrected chi connectivity index (χ3v) is 8.13. The summed E-state index contributed by atoms with van der Waals surface area (Å²) in [4.78, 5) is 12.0. The largest absolute Gasteiger partial charge is 0.396 e. The van der Waals surface area contributed by atoms with E-state index in [0.29, 0.717) is 42.4 Å². The zero-order chi connectivity index (χ0) is 16.4. The molecule has 4 aliphatic carbocycles. The van der Waals surface area contributed by atoms with Crippen molar-refractivity contribution in [2.24, 2.45) is 40.2 Å². The molecule has 1 unspecified atom stereocenters. The van der Waals surface area contributed by atoms with Crippen molar-refractivity contribution in [1.29, 1.82) is 0 Å². The summed E-state index contributed by atoms with van der Waals surface area (Å²) in [6.45, 7) is 5.07. The van der Waals surface area contributed by atoms with Crippen LogP contribution in [-0.4, -0.2) is 17.5 Å². The number of ketones is 1. The van der Waals surface area contributed by atoms with Gasteiger partial charge < -0.3 is 10.8 Å². The molecule has 3 heteroatoms. The normalized spacial score (nSPS) is 48.9. The molecular formula is C20H29NO2. The van der Waals surface area contributed by atoms with Gasteiger partial charge in [-0.2, -0.15) is 0 Å². The summed E-state index contributed by atoms with van der Waals surface area (Å²) in [7, 11) is 0. The van der Waals surface area contributed by atoms with Crippen LogP contribution < -0.4 is 5.73 Å². The van der Waals surface area contributed by atoms with Crippen LogP contribution in [0.4, 0.5) is 0 Å². The molecule has 0 saturated heterocycles. The van der Waals surface area contributed by atoms with Crippen LogP contribution in [0, 0.1) is 34.5 Å². The van der Waals surface area contributed by atoms with Crippen LogP contribution in [0.5, 0.6) is 0 Å². The third-order valence-electron chi connectivity index (χ3n) is 8.13. The lowest BCUT2D eigenvalue weighted by Gasteiger charge is -2.56. The molecular weight excluding hydrogens is 286 g/mol. The third kappa shape index (κ3) is 1.89. The van der Waals surface area contributed by atoms with Crippen LogP contribution in [0.3, 0.4) is 0 Å². The summed E-state index contributed by atoms with van der Waals surface area (Å²) < 4.78 is 0. The SMILES string of the molecule is C[C@]12CCC(=O)C(N)=C1C=C[C@@H]1[C@@H]2CC[C@]2(C)C(CO)CC[C@@H]12. The van der Waals surface area contributed by atoms with Crippen LogP contribution in [0.15, 0.2) is 23.4 Å². The maximum absolute atomic E-state index is 12.0. The van der Waals surface area contributed by atoms with Crippen molar-refractivity contribution >= 4 is 5.78 Å². The maximum Gasteiger partial charge on any atom is 0.178 e. The Morgan fingerprint density at radius 3 is 2.74 bits per heavy atom. The number of Topliss-reactive ketones (excluding diaryl/α,β-unsaturated/α-hetero) is 1. The molecule has 126 valence electrons. The quantitative estimate of drug-likeness (QED) is 0.781. The number of nitrogens with two attached hydrogens (primary N) is 1. The predicted octanol–water partition coefficient (Wildman–Crippen LogP) is 3.19. The van der Waals surface area contributed by atoms with Crippen LogP contribution >= 0.6 is 0 Å². The van der Waals surface area contributed by atoms with Gasteiger partial charge in [-0.25, -0.2) is 0 Å². The molecule has 0 amide bonds. The van der Waals surface area contributed by atoms with Crippen LogP contribution in [0.2, 0.25) is 0 Å². The van der Waals surface area contributed by atoms with E-state index >= 15 is 0 Å². The first kappa shape index (κ1) is 15.4. The Balaban J connectivity index is 1.75. The Morgan fingerprint density at radius 1 is 1.22 bits per heavy atom. The second-order valence-corrected chi connectivity index (χ2v) is 8.82. The Hall–Kier alpha value is -1.09. The Morgan fingerprint density at radius 2 is 2.00 bits per heavy atom. The zero-order valence-electron chi connectivity index (χ0n) is 14.3. The van der Waals surface area contributed by atoms with Crippen LogP contribution in [0.25, 0.3) is 0 Å². The highest BCUT2D eigenvalue weighted by atomic mass is 16.3. The molecule has 4 rings (SSSR count). The average Bonchev–Trinajstić information content (AvgIpc) is 2.88. The van der Waals surface area contributed by atoms with Gasteiger partial charge in [-0.1, -0.05) is 26.0 Å². The fraction of sp³-hybridized carbons (Fsp3) is 0.750. The molecule has 0 aromatic rings. The number of rotatable bonds is 1. The van der Waals surface area contributed by atoms with Gasteiger partial charge in [-0.15, -0.1) is 0 Å². The first-order valence-corrected chi connectivity index (χ1v) is 9.24. The van der Waals surface area contributed by atoms with Crippen LogP contribution in [-0.2, 0) is 4.79 Å². The lowest BCUT2D eigenvalue weighted by Crippen LogP contribution is -2.50.